The van der Waals surface area contributed by atoms with Gasteiger partial charge in [0.1, 0.15) is 6.61 Å². The average Bonchev–Trinajstić information content (AvgIpc) is 2.95. The topological polar surface area (TPSA) is 26.3 Å². The van der Waals surface area contributed by atoms with E-state index >= 15 is 0 Å². The Labute approximate surface area is 158 Å². The van der Waals surface area contributed by atoms with Crippen molar-refractivity contribution in [2.75, 3.05) is 6.61 Å². The second-order valence-electron chi connectivity index (χ2n) is 11.0. The molecule has 142 valence electrons. The highest BCUT2D eigenvalue weighted by Crippen LogP contribution is 2.67. The molecule has 1 aliphatic heterocycles. The summed E-state index contributed by atoms with van der Waals surface area (Å²) in [5.41, 5.74) is 5.06. The Hall–Kier alpha value is -1.05. The number of carbonyl (C=O) groups excluding carboxylic acids is 1. The van der Waals surface area contributed by atoms with E-state index in [1.54, 1.807) is 5.57 Å². The quantitative estimate of drug-likeness (QED) is 0.404. The molecule has 26 heavy (non-hydrogen) atoms. The molecule has 0 radical (unpaired) electrons. The molecule has 0 bridgehead atoms. The van der Waals surface area contributed by atoms with Gasteiger partial charge < -0.3 is 4.74 Å². The number of rotatable bonds is 0. The standard InChI is InChI=1S/C24H34O2/c1-22(2)11-5-12-23(3)18-10-13-24(4)17(16(18)7-9-19(22)23)8-6-15-14-26-21(25)20(15)24/h7,17-19H,5-6,8-14H2,1-4H3. The first kappa shape index (κ1) is 17.1. The van der Waals surface area contributed by atoms with Gasteiger partial charge in [0.25, 0.3) is 0 Å². The molecule has 0 spiro atoms. The number of carbonyl (C=O) groups is 1. The van der Waals surface area contributed by atoms with Crippen LogP contribution >= 0.6 is 0 Å². The molecule has 0 saturated heterocycles. The molecule has 0 aromatic rings. The van der Waals surface area contributed by atoms with Gasteiger partial charge in [-0.1, -0.05) is 45.8 Å². The van der Waals surface area contributed by atoms with Crippen molar-refractivity contribution in [3.05, 3.63) is 22.8 Å². The van der Waals surface area contributed by atoms with Crippen molar-refractivity contribution in [1.82, 2.24) is 0 Å². The third-order valence-electron chi connectivity index (χ3n) is 9.43. The van der Waals surface area contributed by atoms with Crippen LogP contribution in [0.25, 0.3) is 0 Å². The largest absolute Gasteiger partial charge is 0.458 e. The lowest BCUT2D eigenvalue weighted by atomic mass is 9.43. The fraction of sp³-hybridized carbons (Fsp3) is 0.792. The van der Waals surface area contributed by atoms with Crippen LogP contribution < -0.4 is 0 Å². The van der Waals surface area contributed by atoms with Gasteiger partial charge in [-0.15, -0.1) is 0 Å². The van der Waals surface area contributed by atoms with Crippen LogP contribution in [0, 0.1) is 34.0 Å². The van der Waals surface area contributed by atoms with Gasteiger partial charge in [0.15, 0.2) is 0 Å². The zero-order chi connectivity index (χ0) is 18.3. The maximum absolute atomic E-state index is 12.5. The molecular formula is C24H34O2. The van der Waals surface area contributed by atoms with E-state index < -0.39 is 0 Å². The minimum Gasteiger partial charge on any atom is -0.458 e. The average molecular weight is 355 g/mol. The first-order valence-corrected chi connectivity index (χ1v) is 10.9. The Morgan fingerprint density at radius 1 is 1.04 bits per heavy atom. The third kappa shape index (κ3) is 2.02. The lowest BCUT2D eigenvalue weighted by Crippen LogP contribution is -2.53. The predicted octanol–water partition coefficient (Wildman–Crippen LogP) is 5.83. The van der Waals surface area contributed by atoms with Gasteiger partial charge in [-0.05, 0) is 79.1 Å². The number of hydrogen-bond acceptors (Lipinski definition) is 2. The molecule has 2 nitrogen and oxygen atoms in total. The molecule has 0 aromatic carbocycles. The van der Waals surface area contributed by atoms with E-state index in [0.29, 0.717) is 23.4 Å². The monoisotopic (exact) mass is 354 g/mol. The van der Waals surface area contributed by atoms with Crippen LogP contribution in [0.3, 0.4) is 0 Å². The molecule has 4 aliphatic carbocycles. The second kappa shape index (κ2) is 5.26. The molecule has 5 rings (SSSR count). The van der Waals surface area contributed by atoms with Crippen molar-refractivity contribution in [3.8, 4) is 0 Å². The minimum atomic E-state index is -0.00931. The van der Waals surface area contributed by atoms with Crippen LogP contribution in [0.15, 0.2) is 22.8 Å². The van der Waals surface area contributed by atoms with E-state index in [1.807, 2.05) is 0 Å². The van der Waals surface area contributed by atoms with Crippen LogP contribution in [0.2, 0.25) is 0 Å². The summed E-state index contributed by atoms with van der Waals surface area (Å²) in [5, 5.41) is 0. The van der Waals surface area contributed by atoms with Gasteiger partial charge in [-0.2, -0.15) is 0 Å². The van der Waals surface area contributed by atoms with Gasteiger partial charge in [-0.25, -0.2) is 4.79 Å². The number of cyclic esters (lactones) is 1. The summed E-state index contributed by atoms with van der Waals surface area (Å²) in [6, 6.07) is 0. The van der Waals surface area contributed by atoms with Crippen molar-refractivity contribution < 1.29 is 9.53 Å². The lowest BCUT2D eigenvalue weighted by Gasteiger charge is -2.61. The number of esters is 1. The fourth-order valence-electron chi connectivity index (χ4n) is 8.19. The minimum absolute atomic E-state index is 0.00931. The molecule has 5 unspecified atom stereocenters. The Morgan fingerprint density at radius 3 is 2.65 bits per heavy atom. The first-order valence-electron chi connectivity index (χ1n) is 10.9. The summed E-state index contributed by atoms with van der Waals surface area (Å²) in [5.74, 6) is 2.11. The molecule has 0 aromatic heterocycles. The van der Waals surface area contributed by atoms with Crippen LogP contribution in [0.5, 0.6) is 0 Å². The molecule has 1 heterocycles. The van der Waals surface area contributed by atoms with Crippen LogP contribution in [0.4, 0.5) is 0 Å². The highest BCUT2D eigenvalue weighted by molar-refractivity contribution is 5.93. The third-order valence-corrected chi connectivity index (χ3v) is 9.43. The normalized spacial score (nSPS) is 46.5. The summed E-state index contributed by atoms with van der Waals surface area (Å²) in [4.78, 5) is 12.5. The van der Waals surface area contributed by atoms with Crippen molar-refractivity contribution >= 4 is 5.97 Å². The van der Waals surface area contributed by atoms with Crippen molar-refractivity contribution in [2.45, 2.75) is 79.1 Å². The first-order chi connectivity index (χ1) is 12.3. The van der Waals surface area contributed by atoms with E-state index in [2.05, 4.69) is 33.8 Å². The van der Waals surface area contributed by atoms with Crippen molar-refractivity contribution in [3.63, 3.8) is 0 Å². The molecule has 2 saturated carbocycles. The van der Waals surface area contributed by atoms with Crippen molar-refractivity contribution in [1.29, 1.82) is 0 Å². The Balaban J connectivity index is 1.56. The number of allylic oxidation sites excluding steroid dienone is 2. The SMILES string of the molecule is CC1(C)CCCC2(C)C3CCC4(C)C5=C(CCC4C3=CCC12)COC5=O. The van der Waals surface area contributed by atoms with Crippen molar-refractivity contribution in [2.24, 2.45) is 34.0 Å². The smallest absolute Gasteiger partial charge is 0.334 e. The maximum atomic E-state index is 12.5. The van der Waals surface area contributed by atoms with E-state index in [4.69, 9.17) is 4.74 Å². The Bertz CT molecular complexity index is 726. The number of fused-ring (bicyclic) bond motifs is 6. The van der Waals surface area contributed by atoms with Crippen LogP contribution in [-0.4, -0.2) is 12.6 Å². The van der Waals surface area contributed by atoms with E-state index in [0.717, 1.165) is 30.3 Å². The van der Waals surface area contributed by atoms with E-state index in [1.165, 1.54) is 44.1 Å². The fourth-order valence-corrected chi connectivity index (χ4v) is 8.19. The summed E-state index contributed by atoms with van der Waals surface area (Å²) >= 11 is 0. The molecule has 5 atom stereocenters. The highest BCUT2D eigenvalue weighted by atomic mass is 16.5. The summed E-state index contributed by atoms with van der Waals surface area (Å²) in [6.45, 7) is 10.6. The molecule has 2 fully saturated rings. The van der Waals surface area contributed by atoms with E-state index in [-0.39, 0.29) is 11.4 Å². The lowest BCUT2D eigenvalue weighted by molar-refractivity contribution is -0.137. The number of ether oxygens (including phenoxy) is 1. The van der Waals surface area contributed by atoms with E-state index in [9.17, 15) is 4.79 Å². The highest BCUT2D eigenvalue weighted by Gasteiger charge is 2.59. The van der Waals surface area contributed by atoms with Gasteiger partial charge in [0, 0.05) is 11.0 Å². The van der Waals surface area contributed by atoms with Gasteiger partial charge in [0.2, 0.25) is 0 Å². The number of hydrogen-bond donors (Lipinski definition) is 0. The van der Waals surface area contributed by atoms with Gasteiger partial charge in [0.05, 0.1) is 0 Å². The summed E-state index contributed by atoms with van der Waals surface area (Å²) in [7, 11) is 0. The van der Waals surface area contributed by atoms with Crippen LogP contribution in [0.1, 0.15) is 79.1 Å². The van der Waals surface area contributed by atoms with Gasteiger partial charge in [-0.3, -0.25) is 0 Å². The van der Waals surface area contributed by atoms with Gasteiger partial charge >= 0.3 is 5.97 Å². The van der Waals surface area contributed by atoms with Crippen LogP contribution in [-0.2, 0) is 9.53 Å². The predicted molar refractivity (Wildman–Crippen MR) is 103 cm³/mol. The zero-order valence-corrected chi connectivity index (χ0v) is 17.0. The Kier molecular flexibility index (Phi) is 3.46. The summed E-state index contributed by atoms with van der Waals surface area (Å²) in [6.07, 6.45) is 12.7. The maximum Gasteiger partial charge on any atom is 0.334 e. The molecule has 2 heteroatoms. The second-order valence-corrected chi connectivity index (χ2v) is 11.0. The summed E-state index contributed by atoms with van der Waals surface area (Å²) < 4.78 is 5.45. The molecule has 0 N–H and O–H groups in total. The molecule has 5 aliphatic rings. The molecule has 0 amide bonds. The zero-order valence-electron chi connectivity index (χ0n) is 17.0. The molecular weight excluding hydrogens is 320 g/mol. The Morgan fingerprint density at radius 2 is 1.85 bits per heavy atom.